The molecule has 2 aromatic rings. The maximum absolute atomic E-state index is 12.2. The van der Waals surface area contributed by atoms with Crippen LogP contribution in [-0.4, -0.2) is 52.7 Å². The summed E-state index contributed by atoms with van der Waals surface area (Å²) in [6.07, 6.45) is 4.72. The first-order valence-corrected chi connectivity index (χ1v) is 8.93. The molecular formula is C19H26N4O3. The molecule has 0 atom stereocenters. The van der Waals surface area contributed by atoms with E-state index in [4.69, 9.17) is 4.74 Å². The molecule has 1 saturated heterocycles. The number of carbonyl (C=O) groups is 1. The van der Waals surface area contributed by atoms with E-state index in [9.17, 15) is 9.59 Å². The molecule has 0 bridgehead atoms. The Hall–Kier alpha value is -2.57. The third kappa shape index (κ3) is 3.98. The van der Waals surface area contributed by atoms with Gasteiger partial charge in [-0.1, -0.05) is 0 Å². The van der Waals surface area contributed by atoms with Gasteiger partial charge in [0.25, 0.3) is 5.56 Å². The highest BCUT2D eigenvalue weighted by molar-refractivity contribution is 5.82. The second-order valence-electron chi connectivity index (χ2n) is 7.75. The number of amides is 1. The van der Waals surface area contributed by atoms with Crippen LogP contribution in [0.5, 0.6) is 0 Å². The summed E-state index contributed by atoms with van der Waals surface area (Å²) >= 11 is 0. The zero-order chi connectivity index (χ0) is 18.9. The highest BCUT2D eigenvalue weighted by Crippen LogP contribution is 2.23. The minimum Gasteiger partial charge on any atom is -0.444 e. The van der Waals surface area contributed by atoms with Crippen molar-refractivity contribution < 1.29 is 9.53 Å². The topological polar surface area (TPSA) is 78.5 Å². The Morgan fingerprint density at radius 3 is 2.69 bits per heavy atom. The molecule has 7 nitrogen and oxygen atoms in total. The Balaban J connectivity index is 1.66. The summed E-state index contributed by atoms with van der Waals surface area (Å²) in [4.78, 5) is 35.0. The SMILES string of the molecule is CN(c1cc2cc[nH]c(=O)c2cn1)C1CCN(C(=O)OC(C)(C)C)CC1. The van der Waals surface area contributed by atoms with Crippen LogP contribution in [0.25, 0.3) is 10.8 Å². The maximum atomic E-state index is 12.2. The number of carbonyl (C=O) groups excluding carboxylic acids is 1. The number of likely N-dealkylation sites (tertiary alicyclic amines) is 1. The van der Waals surface area contributed by atoms with Gasteiger partial charge in [0.2, 0.25) is 0 Å². The molecule has 1 aliphatic heterocycles. The van der Waals surface area contributed by atoms with E-state index in [1.807, 2.05) is 40.0 Å². The summed E-state index contributed by atoms with van der Waals surface area (Å²) in [6.45, 7) is 6.96. The van der Waals surface area contributed by atoms with Crippen molar-refractivity contribution in [2.24, 2.45) is 0 Å². The van der Waals surface area contributed by atoms with Crippen molar-refractivity contribution in [3.8, 4) is 0 Å². The standard InChI is InChI=1S/C19H26N4O3/c1-19(2,3)26-18(25)23-9-6-14(7-10-23)22(4)16-11-13-5-8-20-17(24)15(13)12-21-16/h5,8,11-12,14H,6-7,9-10H2,1-4H3,(H,20,24). The average molecular weight is 358 g/mol. The molecule has 1 amide bonds. The lowest BCUT2D eigenvalue weighted by atomic mass is 10.0. The first-order chi connectivity index (χ1) is 12.2. The van der Waals surface area contributed by atoms with Gasteiger partial charge in [-0.2, -0.15) is 0 Å². The summed E-state index contributed by atoms with van der Waals surface area (Å²) in [5.41, 5.74) is -0.604. The minimum atomic E-state index is -0.475. The van der Waals surface area contributed by atoms with E-state index >= 15 is 0 Å². The number of fused-ring (bicyclic) bond motifs is 1. The van der Waals surface area contributed by atoms with Crippen LogP contribution in [0.4, 0.5) is 10.6 Å². The molecule has 26 heavy (non-hydrogen) atoms. The number of ether oxygens (including phenoxy) is 1. The van der Waals surface area contributed by atoms with Gasteiger partial charge in [0, 0.05) is 38.6 Å². The van der Waals surface area contributed by atoms with Gasteiger partial charge in [-0.05, 0) is 51.1 Å². The van der Waals surface area contributed by atoms with E-state index in [0.29, 0.717) is 24.5 Å². The molecular weight excluding hydrogens is 332 g/mol. The quantitative estimate of drug-likeness (QED) is 0.893. The summed E-state index contributed by atoms with van der Waals surface area (Å²) in [5, 5.41) is 1.46. The van der Waals surface area contributed by atoms with Crippen LogP contribution in [0.15, 0.2) is 29.3 Å². The molecule has 0 radical (unpaired) electrons. The van der Waals surface area contributed by atoms with E-state index in [1.165, 1.54) is 0 Å². The Bertz CT molecular complexity index is 848. The number of anilines is 1. The van der Waals surface area contributed by atoms with Crippen LogP contribution in [0, 0.1) is 0 Å². The zero-order valence-corrected chi connectivity index (χ0v) is 15.8. The summed E-state index contributed by atoms with van der Waals surface area (Å²) in [6, 6.07) is 4.10. The molecule has 7 heteroatoms. The molecule has 1 N–H and O–H groups in total. The molecule has 0 aliphatic carbocycles. The van der Waals surface area contributed by atoms with Gasteiger partial charge in [0.15, 0.2) is 0 Å². The number of piperidine rings is 1. The Kier molecular flexibility index (Phi) is 4.89. The third-order valence-electron chi connectivity index (χ3n) is 4.67. The van der Waals surface area contributed by atoms with E-state index in [1.54, 1.807) is 17.3 Å². The normalized spacial score (nSPS) is 15.9. The van der Waals surface area contributed by atoms with Crippen molar-refractivity contribution in [2.75, 3.05) is 25.0 Å². The van der Waals surface area contributed by atoms with Crippen LogP contribution in [0.3, 0.4) is 0 Å². The van der Waals surface area contributed by atoms with E-state index < -0.39 is 5.60 Å². The fourth-order valence-electron chi connectivity index (χ4n) is 3.21. The van der Waals surface area contributed by atoms with Gasteiger partial charge in [-0.3, -0.25) is 4.79 Å². The molecule has 3 heterocycles. The molecule has 2 aromatic heterocycles. The fraction of sp³-hybridized carbons (Fsp3) is 0.526. The lowest BCUT2D eigenvalue weighted by Gasteiger charge is -2.37. The molecule has 1 fully saturated rings. The van der Waals surface area contributed by atoms with E-state index in [0.717, 1.165) is 24.0 Å². The Morgan fingerprint density at radius 2 is 2.04 bits per heavy atom. The predicted molar refractivity (Wildman–Crippen MR) is 102 cm³/mol. The highest BCUT2D eigenvalue weighted by Gasteiger charge is 2.28. The minimum absolute atomic E-state index is 0.130. The lowest BCUT2D eigenvalue weighted by molar-refractivity contribution is 0.0205. The van der Waals surface area contributed by atoms with Crippen molar-refractivity contribution in [3.05, 3.63) is 34.9 Å². The number of H-pyrrole nitrogens is 1. The van der Waals surface area contributed by atoms with Crippen molar-refractivity contribution in [3.63, 3.8) is 0 Å². The Labute approximate surface area is 153 Å². The van der Waals surface area contributed by atoms with E-state index in [2.05, 4.69) is 14.9 Å². The van der Waals surface area contributed by atoms with Gasteiger partial charge in [-0.15, -0.1) is 0 Å². The smallest absolute Gasteiger partial charge is 0.410 e. The molecule has 0 aromatic carbocycles. The number of hydrogen-bond donors (Lipinski definition) is 1. The monoisotopic (exact) mass is 358 g/mol. The number of pyridine rings is 2. The predicted octanol–water partition coefficient (Wildman–Crippen LogP) is 2.76. The number of nitrogens with one attached hydrogen (secondary N) is 1. The second-order valence-corrected chi connectivity index (χ2v) is 7.75. The molecule has 0 saturated carbocycles. The molecule has 3 rings (SSSR count). The van der Waals surface area contributed by atoms with Gasteiger partial charge >= 0.3 is 6.09 Å². The fourth-order valence-corrected chi connectivity index (χ4v) is 3.21. The molecule has 1 aliphatic rings. The average Bonchev–Trinajstić information content (AvgIpc) is 2.60. The summed E-state index contributed by atoms with van der Waals surface area (Å²) in [7, 11) is 2.01. The number of nitrogens with zero attached hydrogens (tertiary/aromatic N) is 3. The van der Waals surface area contributed by atoms with Crippen LogP contribution < -0.4 is 10.5 Å². The van der Waals surface area contributed by atoms with Gasteiger partial charge in [0.1, 0.15) is 11.4 Å². The van der Waals surface area contributed by atoms with Gasteiger partial charge < -0.3 is 19.5 Å². The third-order valence-corrected chi connectivity index (χ3v) is 4.67. The second kappa shape index (κ2) is 6.97. The number of aromatic nitrogens is 2. The highest BCUT2D eigenvalue weighted by atomic mass is 16.6. The number of hydrogen-bond acceptors (Lipinski definition) is 5. The van der Waals surface area contributed by atoms with Gasteiger partial charge in [0.05, 0.1) is 5.39 Å². The molecule has 0 spiro atoms. The molecule has 0 unspecified atom stereocenters. The first-order valence-electron chi connectivity index (χ1n) is 8.93. The molecule has 140 valence electrons. The lowest BCUT2D eigenvalue weighted by Crippen LogP contribution is -2.47. The number of aromatic amines is 1. The van der Waals surface area contributed by atoms with Crippen molar-refractivity contribution in [2.45, 2.75) is 45.3 Å². The maximum Gasteiger partial charge on any atom is 0.410 e. The van der Waals surface area contributed by atoms with E-state index in [-0.39, 0.29) is 11.7 Å². The first kappa shape index (κ1) is 18.2. The largest absolute Gasteiger partial charge is 0.444 e. The number of rotatable bonds is 2. The summed E-state index contributed by atoms with van der Waals surface area (Å²) in [5.74, 6) is 0.832. The van der Waals surface area contributed by atoms with Crippen LogP contribution in [0.1, 0.15) is 33.6 Å². The van der Waals surface area contributed by atoms with Crippen molar-refractivity contribution in [1.29, 1.82) is 0 Å². The van der Waals surface area contributed by atoms with Gasteiger partial charge in [-0.25, -0.2) is 9.78 Å². The van der Waals surface area contributed by atoms with Crippen LogP contribution in [-0.2, 0) is 4.74 Å². The Morgan fingerprint density at radius 1 is 1.35 bits per heavy atom. The van der Waals surface area contributed by atoms with Crippen molar-refractivity contribution >= 4 is 22.7 Å². The van der Waals surface area contributed by atoms with Crippen LogP contribution in [0.2, 0.25) is 0 Å². The zero-order valence-electron chi connectivity index (χ0n) is 15.8. The summed E-state index contributed by atoms with van der Waals surface area (Å²) < 4.78 is 5.45. The van der Waals surface area contributed by atoms with Crippen molar-refractivity contribution in [1.82, 2.24) is 14.9 Å². The van der Waals surface area contributed by atoms with Crippen LogP contribution >= 0.6 is 0 Å².